The van der Waals surface area contributed by atoms with Gasteiger partial charge in [-0.1, -0.05) is 20.3 Å². The van der Waals surface area contributed by atoms with Gasteiger partial charge in [-0.2, -0.15) is 11.8 Å². The van der Waals surface area contributed by atoms with Crippen LogP contribution in [0.15, 0.2) is 0 Å². The molecule has 12 heavy (non-hydrogen) atoms. The number of rotatable bonds is 2. The van der Waals surface area contributed by atoms with Gasteiger partial charge in [0.1, 0.15) is 0 Å². The van der Waals surface area contributed by atoms with E-state index >= 15 is 0 Å². The van der Waals surface area contributed by atoms with Gasteiger partial charge in [0.05, 0.1) is 5.60 Å². The summed E-state index contributed by atoms with van der Waals surface area (Å²) in [7, 11) is 0. The molecule has 72 valence electrons. The Bertz CT molecular complexity index is 128. The van der Waals surface area contributed by atoms with Crippen LogP contribution in [-0.4, -0.2) is 22.2 Å². The Morgan fingerprint density at radius 2 is 2.17 bits per heavy atom. The van der Waals surface area contributed by atoms with E-state index in [0.29, 0.717) is 5.92 Å². The molecule has 0 aromatic carbocycles. The van der Waals surface area contributed by atoms with Crippen molar-refractivity contribution in [1.29, 1.82) is 0 Å². The molecule has 1 rings (SSSR count). The SMILES string of the molecule is CCC(C)C1(O)CCCSCC1. The van der Waals surface area contributed by atoms with Crippen LogP contribution in [0.25, 0.3) is 0 Å². The molecule has 1 N–H and O–H groups in total. The van der Waals surface area contributed by atoms with E-state index in [9.17, 15) is 5.11 Å². The minimum atomic E-state index is -0.349. The molecular weight excluding hydrogens is 168 g/mol. The molecule has 1 fully saturated rings. The predicted octanol–water partition coefficient (Wildman–Crippen LogP) is 2.68. The van der Waals surface area contributed by atoms with Crippen LogP contribution in [0.4, 0.5) is 0 Å². The fraction of sp³-hybridized carbons (Fsp3) is 1.00. The van der Waals surface area contributed by atoms with Crippen molar-refractivity contribution in [2.45, 2.75) is 45.1 Å². The highest BCUT2D eigenvalue weighted by molar-refractivity contribution is 7.99. The van der Waals surface area contributed by atoms with Crippen LogP contribution in [0.5, 0.6) is 0 Å². The molecule has 1 aliphatic heterocycles. The summed E-state index contributed by atoms with van der Waals surface area (Å²) >= 11 is 1.99. The molecule has 2 atom stereocenters. The molecule has 0 bridgehead atoms. The van der Waals surface area contributed by atoms with Crippen molar-refractivity contribution in [3.05, 3.63) is 0 Å². The van der Waals surface area contributed by atoms with Gasteiger partial charge in [-0.3, -0.25) is 0 Å². The average molecular weight is 188 g/mol. The molecule has 0 aliphatic carbocycles. The maximum atomic E-state index is 10.3. The van der Waals surface area contributed by atoms with Crippen molar-refractivity contribution in [3.63, 3.8) is 0 Å². The lowest BCUT2D eigenvalue weighted by Gasteiger charge is -2.32. The monoisotopic (exact) mass is 188 g/mol. The van der Waals surface area contributed by atoms with Gasteiger partial charge in [0.2, 0.25) is 0 Å². The standard InChI is InChI=1S/C10H20OS/c1-3-9(2)10(11)5-4-7-12-8-6-10/h9,11H,3-8H2,1-2H3. The highest BCUT2D eigenvalue weighted by atomic mass is 32.2. The van der Waals surface area contributed by atoms with Crippen LogP contribution in [0.2, 0.25) is 0 Å². The van der Waals surface area contributed by atoms with Crippen molar-refractivity contribution in [3.8, 4) is 0 Å². The van der Waals surface area contributed by atoms with Crippen molar-refractivity contribution in [2.75, 3.05) is 11.5 Å². The van der Waals surface area contributed by atoms with E-state index in [1.165, 1.54) is 12.2 Å². The molecule has 2 unspecified atom stereocenters. The second kappa shape index (κ2) is 4.52. The smallest absolute Gasteiger partial charge is 0.0681 e. The van der Waals surface area contributed by atoms with E-state index in [0.717, 1.165) is 25.0 Å². The first kappa shape index (κ1) is 10.4. The van der Waals surface area contributed by atoms with Crippen LogP contribution in [-0.2, 0) is 0 Å². The summed E-state index contributed by atoms with van der Waals surface area (Å²) in [6.45, 7) is 4.34. The fourth-order valence-electron chi connectivity index (χ4n) is 1.83. The summed E-state index contributed by atoms with van der Waals surface area (Å²) < 4.78 is 0. The minimum absolute atomic E-state index is 0.349. The quantitative estimate of drug-likeness (QED) is 0.719. The number of thioether (sulfide) groups is 1. The molecule has 0 spiro atoms. The van der Waals surface area contributed by atoms with Gasteiger partial charge < -0.3 is 5.11 Å². The lowest BCUT2D eigenvalue weighted by atomic mass is 9.81. The molecule has 1 saturated heterocycles. The van der Waals surface area contributed by atoms with Gasteiger partial charge >= 0.3 is 0 Å². The third kappa shape index (κ3) is 2.40. The van der Waals surface area contributed by atoms with Crippen molar-refractivity contribution >= 4 is 11.8 Å². The van der Waals surface area contributed by atoms with Crippen molar-refractivity contribution in [1.82, 2.24) is 0 Å². The molecule has 2 heteroatoms. The Morgan fingerprint density at radius 3 is 2.83 bits per heavy atom. The number of hydrogen-bond donors (Lipinski definition) is 1. The van der Waals surface area contributed by atoms with Gasteiger partial charge in [0.15, 0.2) is 0 Å². The van der Waals surface area contributed by atoms with Crippen LogP contribution in [0, 0.1) is 5.92 Å². The van der Waals surface area contributed by atoms with Gasteiger partial charge in [0.25, 0.3) is 0 Å². The summed E-state index contributed by atoms with van der Waals surface area (Å²) in [5.74, 6) is 2.84. The summed E-state index contributed by atoms with van der Waals surface area (Å²) in [4.78, 5) is 0. The van der Waals surface area contributed by atoms with Crippen molar-refractivity contribution < 1.29 is 5.11 Å². The topological polar surface area (TPSA) is 20.2 Å². The zero-order chi connectivity index (χ0) is 9.03. The molecule has 1 nitrogen and oxygen atoms in total. The molecule has 1 heterocycles. The molecule has 0 saturated carbocycles. The van der Waals surface area contributed by atoms with E-state index in [-0.39, 0.29) is 5.60 Å². The minimum Gasteiger partial charge on any atom is -0.390 e. The van der Waals surface area contributed by atoms with Gasteiger partial charge in [0, 0.05) is 0 Å². The predicted molar refractivity (Wildman–Crippen MR) is 55.6 cm³/mol. The van der Waals surface area contributed by atoms with Crippen LogP contribution in [0.1, 0.15) is 39.5 Å². The lowest BCUT2D eigenvalue weighted by Crippen LogP contribution is -2.36. The van der Waals surface area contributed by atoms with E-state index in [1.54, 1.807) is 0 Å². The molecular formula is C10H20OS. The number of hydrogen-bond acceptors (Lipinski definition) is 2. The maximum absolute atomic E-state index is 10.3. The van der Waals surface area contributed by atoms with E-state index in [4.69, 9.17) is 0 Å². The average Bonchev–Trinajstić information content (AvgIpc) is 2.29. The Labute approximate surface area is 79.9 Å². The van der Waals surface area contributed by atoms with Crippen LogP contribution < -0.4 is 0 Å². The Kier molecular flexibility index (Phi) is 3.91. The van der Waals surface area contributed by atoms with Crippen LogP contribution >= 0.6 is 11.8 Å². The Hall–Kier alpha value is 0.310. The van der Waals surface area contributed by atoms with E-state index in [1.807, 2.05) is 11.8 Å². The van der Waals surface area contributed by atoms with E-state index < -0.39 is 0 Å². The molecule has 0 radical (unpaired) electrons. The van der Waals surface area contributed by atoms with Gasteiger partial charge in [-0.15, -0.1) is 0 Å². The highest BCUT2D eigenvalue weighted by Crippen LogP contribution is 2.33. The molecule has 1 aliphatic rings. The normalized spacial score (nSPS) is 34.2. The first-order valence-electron chi connectivity index (χ1n) is 4.99. The summed E-state index contributed by atoms with van der Waals surface area (Å²) in [5, 5.41) is 10.3. The molecule has 0 aromatic rings. The largest absolute Gasteiger partial charge is 0.390 e. The fourth-order valence-corrected chi connectivity index (χ4v) is 2.88. The number of aliphatic hydroxyl groups is 1. The maximum Gasteiger partial charge on any atom is 0.0681 e. The van der Waals surface area contributed by atoms with Crippen molar-refractivity contribution in [2.24, 2.45) is 5.92 Å². The highest BCUT2D eigenvalue weighted by Gasteiger charge is 2.32. The summed E-state index contributed by atoms with van der Waals surface area (Å²) in [6.07, 6.45) is 4.29. The second-order valence-electron chi connectivity index (χ2n) is 3.88. The lowest BCUT2D eigenvalue weighted by molar-refractivity contribution is -0.0226. The first-order chi connectivity index (χ1) is 5.69. The van der Waals surface area contributed by atoms with Gasteiger partial charge in [-0.25, -0.2) is 0 Å². The zero-order valence-corrected chi connectivity index (χ0v) is 8.99. The third-order valence-corrected chi connectivity index (χ3v) is 4.18. The molecule has 0 amide bonds. The molecule has 0 aromatic heterocycles. The first-order valence-corrected chi connectivity index (χ1v) is 6.14. The second-order valence-corrected chi connectivity index (χ2v) is 5.10. The van der Waals surface area contributed by atoms with E-state index in [2.05, 4.69) is 13.8 Å². The van der Waals surface area contributed by atoms with Gasteiger partial charge in [-0.05, 0) is 36.7 Å². The third-order valence-electron chi connectivity index (χ3n) is 3.11. The Balaban J connectivity index is 2.53. The summed E-state index contributed by atoms with van der Waals surface area (Å²) in [5.41, 5.74) is -0.349. The summed E-state index contributed by atoms with van der Waals surface area (Å²) in [6, 6.07) is 0. The van der Waals surface area contributed by atoms with Crippen LogP contribution in [0.3, 0.4) is 0 Å². The zero-order valence-electron chi connectivity index (χ0n) is 8.18. The Morgan fingerprint density at radius 1 is 1.42 bits per heavy atom.